The number of hydrogen-bond donors (Lipinski definition) is 1. The Labute approximate surface area is 93.9 Å². The highest BCUT2D eigenvalue weighted by Crippen LogP contribution is 2.06. The second-order valence-electron chi connectivity index (χ2n) is 2.78. The van der Waals surface area contributed by atoms with Crippen molar-refractivity contribution < 1.29 is 0 Å². The molecule has 2 aromatic rings. The molecule has 74 valence electrons. The zero-order valence-electron chi connectivity index (χ0n) is 7.22. The molecule has 0 aliphatic carbocycles. The van der Waals surface area contributed by atoms with Gasteiger partial charge in [-0.15, -0.1) is 0 Å². The molecule has 0 fully saturated rings. The fourth-order valence-corrected chi connectivity index (χ4v) is 1.62. The monoisotopic (exact) mass is 273 g/mol. The summed E-state index contributed by atoms with van der Waals surface area (Å²) in [5.41, 5.74) is 0. The van der Waals surface area contributed by atoms with Crippen molar-refractivity contribution in [1.82, 2.24) is 24.5 Å². The third-order valence-electron chi connectivity index (χ3n) is 1.79. The molecule has 0 aromatic carbocycles. The van der Waals surface area contributed by atoms with Gasteiger partial charge in [0.15, 0.2) is 4.77 Å². The maximum atomic E-state index is 5.01. The quantitative estimate of drug-likeness (QED) is 0.865. The Morgan fingerprint density at radius 3 is 2.93 bits per heavy atom. The summed E-state index contributed by atoms with van der Waals surface area (Å²) in [5, 5.41) is 10.7. The predicted molar refractivity (Wildman–Crippen MR) is 57.3 cm³/mol. The molecular formula is C7H8BrN5S. The fraction of sp³-hybridized carbons (Fsp3) is 0.286. The van der Waals surface area contributed by atoms with Gasteiger partial charge in [-0.05, 0) is 28.1 Å². The molecule has 0 atom stereocenters. The van der Waals surface area contributed by atoms with Gasteiger partial charge in [-0.3, -0.25) is 9.78 Å². The van der Waals surface area contributed by atoms with Gasteiger partial charge in [-0.25, -0.2) is 0 Å². The molecule has 1 N–H and O–H groups in total. The van der Waals surface area contributed by atoms with Gasteiger partial charge in [0.25, 0.3) is 0 Å². The number of aryl methyl sites for hydroxylation is 2. The van der Waals surface area contributed by atoms with E-state index in [9.17, 15) is 0 Å². The van der Waals surface area contributed by atoms with Crippen LogP contribution in [0.3, 0.4) is 0 Å². The first-order valence-corrected chi connectivity index (χ1v) is 5.23. The number of nitrogens with zero attached hydrogens (tertiary/aromatic N) is 4. The first-order chi connectivity index (χ1) is 6.75. The minimum absolute atomic E-state index is 0.635. The number of halogens is 1. The zero-order chi connectivity index (χ0) is 9.97. The van der Waals surface area contributed by atoms with Crippen molar-refractivity contribution >= 4 is 28.1 Å². The molecule has 0 unspecified atom stereocenters. The van der Waals surface area contributed by atoms with Gasteiger partial charge in [0.05, 0.1) is 17.2 Å². The highest BCUT2D eigenvalue weighted by atomic mass is 79.9. The van der Waals surface area contributed by atoms with Gasteiger partial charge in [-0.1, -0.05) is 0 Å². The Morgan fingerprint density at radius 2 is 2.36 bits per heavy atom. The Hall–Kier alpha value is -0.950. The van der Waals surface area contributed by atoms with Crippen LogP contribution in [0.1, 0.15) is 0 Å². The SMILES string of the molecule is S=c1[nH]ncn1CCn1cc(Br)cn1. The van der Waals surface area contributed by atoms with Crippen molar-refractivity contribution in [2.24, 2.45) is 0 Å². The standard InChI is InChI=1S/C7H8BrN5S/c8-6-3-10-13(4-6)2-1-12-5-9-11-7(12)14/h3-5H,1-2H2,(H,11,14). The third kappa shape index (κ3) is 2.10. The van der Waals surface area contributed by atoms with Gasteiger partial charge < -0.3 is 4.57 Å². The number of rotatable bonds is 3. The number of nitrogens with one attached hydrogen (secondary N) is 1. The van der Waals surface area contributed by atoms with Crippen molar-refractivity contribution in [2.75, 3.05) is 0 Å². The maximum Gasteiger partial charge on any atom is 0.195 e. The molecule has 2 aromatic heterocycles. The summed E-state index contributed by atoms with van der Waals surface area (Å²) in [6.07, 6.45) is 5.36. The van der Waals surface area contributed by atoms with E-state index in [0.29, 0.717) is 4.77 Å². The van der Waals surface area contributed by atoms with E-state index in [1.165, 1.54) is 0 Å². The summed E-state index contributed by atoms with van der Waals surface area (Å²) in [4.78, 5) is 0. The molecule has 0 saturated carbocycles. The number of aromatic nitrogens is 5. The van der Waals surface area contributed by atoms with E-state index in [0.717, 1.165) is 17.6 Å². The normalized spacial score (nSPS) is 10.6. The molecule has 0 bridgehead atoms. The molecule has 0 saturated heterocycles. The van der Waals surface area contributed by atoms with Crippen LogP contribution in [0, 0.1) is 4.77 Å². The van der Waals surface area contributed by atoms with E-state index >= 15 is 0 Å². The Kier molecular flexibility index (Phi) is 2.78. The van der Waals surface area contributed by atoms with Crippen molar-refractivity contribution in [2.45, 2.75) is 13.1 Å². The molecule has 5 nitrogen and oxygen atoms in total. The van der Waals surface area contributed by atoms with E-state index in [2.05, 4.69) is 31.2 Å². The van der Waals surface area contributed by atoms with Gasteiger partial charge in [0.1, 0.15) is 6.33 Å². The average molecular weight is 274 g/mol. The van der Waals surface area contributed by atoms with Crippen LogP contribution in [0.15, 0.2) is 23.2 Å². The summed E-state index contributed by atoms with van der Waals surface area (Å²) in [6.45, 7) is 1.54. The van der Waals surface area contributed by atoms with Crippen LogP contribution in [0.4, 0.5) is 0 Å². The predicted octanol–water partition coefficient (Wildman–Crippen LogP) is 1.60. The minimum Gasteiger partial charge on any atom is -0.305 e. The van der Waals surface area contributed by atoms with Crippen molar-refractivity contribution in [1.29, 1.82) is 0 Å². The summed E-state index contributed by atoms with van der Waals surface area (Å²) >= 11 is 8.35. The van der Waals surface area contributed by atoms with Crippen molar-refractivity contribution in [3.63, 3.8) is 0 Å². The number of hydrogen-bond acceptors (Lipinski definition) is 3. The Balaban J connectivity index is 2.01. The van der Waals surface area contributed by atoms with Gasteiger partial charge in [0.2, 0.25) is 0 Å². The van der Waals surface area contributed by atoms with E-state index in [1.54, 1.807) is 12.5 Å². The maximum absolute atomic E-state index is 5.01. The number of aromatic amines is 1. The van der Waals surface area contributed by atoms with Crippen molar-refractivity contribution in [3.8, 4) is 0 Å². The van der Waals surface area contributed by atoms with E-state index in [4.69, 9.17) is 12.2 Å². The highest BCUT2D eigenvalue weighted by Gasteiger charge is 1.97. The molecule has 2 heterocycles. The Bertz CT molecular complexity index is 470. The van der Waals surface area contributed by atoms with Crippen LogP contribution < -0.4 is 0 Å². The van der Waals surface area contributed by atoms with E-state index in [-0.39, 0.29) is 0 Å². The molecule has 0 spiro atoms. The molecule has 14 heavy (non-hydrogen) atoms. The first kappa shape index (κ1) is 9.60. The minimum atomic E-state index is 0.635. The largest absolute Gasteiger partial charge is 0.305 e. The molecule has 0 radical (unpaired) electrons. The Morgan fingerprint density at radius 1 is 1.50 bits per heavy atom. The zero-order valence-corrected chi connectivity index (χ0v) is 9.62. The third-order valence-corrected chi connectivity index (χ3v) is 2.53. The molecule has 7 heteroatoms. The van der Waals surface area contributed by atoms with Crippen LogP contribution in [0.25, 0.3) is 0 Å². The van der Waals surface area contributed by atoms with Crippen LogP contribution in [0.2, 0.25) is 0 Å². The first-order valence-electron chi connectivity index (χ1n) is 4.03. The molecule has 2 rings (SSSR count). The van der Waals surface area contributed by atoms with E-state index in [1.807, 2.05) is 15.4 Å². The second kappa shape index (κ2) is 4.05. The summed E-state index contributed by atoms with van der Waals surface area (Å²) in [7, 11) is 0. The van der Waals surface area contributed by atoms with Gasteiger partial charge in [-0.2, -0.15) is 10.2 Å². The average Bonchev–Trinajstić information content (AvgIpc) is 2.72. The van der Waals surface area contributed by atoms with Crippen LogP contribution in [0.5, 0.6) is 0 Å². The van der Waals surface area contributed by atoms with Gasteiger partial charge in [0, 0.05) is 12.7 Å². The highest BCUT2D eigenvalue weighted by molar-refractivity contribution is 9.10. The van der Waals surface area contributed by atoms with Crippen molar-refractivity contribution in [3.05, 3.63) is 28.0 Å². The molecule has 0 aliphatic rings. The summed E-state index contributed by atoms with van der Waals surface area (Å²) in [5.74, 6) is 0. The molecular weight excluding hydrogens is 266 g/mol. The lowest BCUT2D eigenvalue weighted by Crippen LogP contribution is -2.06. The lowest BCUT2D eigenvalue weighted by Gasteiger charge is -2.01. The second-order valence-corrected chi connectivity index (χ2v) is 4.08. The smallest absolute Gasteiger partial charge is 0.195 e. The molecule has 0 aliphatic heterocycles. The van der Waals surface area contributed by atoms with Crippen LogP contribution in [-0.2, 0) is 13.1 Å². The fourth-order valence-electron chi connectivity index (χ4n) is 1.10. The lowest BCUT2D eigenvalue weighted by molar-refractivity contribution is 0.529. The lowest BCUT2D eigenvalue weighted by atomic mass is 10.6. The summed E-state index contributed by atoms with van der Waals surface area (Å²) in [6, 6.07) is 0. The summed E-state index contributed by atoms with van der Waals surface area (Å²) < 4.78 is 5.33. The van der Waals surface area contributed by atoms with Crippen LogP contribution in [-0.4, -0.2) is 24.5 Å². The van der Waals surface area contributed by atoms with Crippen LogP contribution >= 0.6 is 28.1 Å². The number of H-pyrrole nitrogens is 1. The molecule has 0 amide bonds. The van der Waals surface area contributed by atoms with Gasteiger partial charge >= 0.3 is 0 Å². The topological polar surface area (TPSA) is 51.4 Å². The van der Waals surface area contributed by atoms with E-state index < -0.39 is 0 Å².